The van der Waals surface area contributed by atoms with Crippen molar-refractivity contribution in [1.82, 2.24) is 0 Å². The van der Waals surface area contributed by atoms with E-state index in [1.54, 1.807) is 30.2 Å². The van der Waals surface area contributed by atoms with Crippen LogP contribution in [0.5, 0.6) is 11.5 Å². The number of methoxy groups -OCH3 is 2. The fourth-order valence-corrected chi connectivity index (χ4v) is 4.35. The summed E-state index contributed by atoms with van der Waals surface area (Å²) < 4.78 is 11.8. The molecular weight excluding hydrogens is 496 g/mol. The third kappa shape index (κ3) is 4.70. The van der Waals surface area contributed by atoms with Crippen LogP contribution in [0.15, 0.2) is 82.8 Å². The van der Waals surface area contributed by atoms with Gasteiger partial charge in [0.15, 0.2) is 0 Å². The zero-order valence-electron chi connectivity index (χ0n) is 19.2. The number of ether oxygens (including phenoxy) is 2. The number of carbonyl (C=O) groups is 2. The molecule has 3 aromatic rings. The summed E-state index contributed by atoms with van der Waals surface area (Å²) in [6.07, 6.45) is 1.94. The maximum atomic E-state index is 14.0. The number of rotatable bonds is 6. The first-order valence-electron chi connectivity index (χ1n) is 10.8. The molecule has 3 aromatic carbocycles. The van der Waals surface area contributed by atoms with Gasteiger partial charge in [0.2, 0.25) is 5.91 Å². The van der Waals surface area contributed by atoms with E-state index in [9.17, 15) is 9.59 Å². The van der Waals surface area contributed by atoms with Crippen LogP contribution in [-0.2, 0) is 9.59 Å². The standard InChI is InChI=1S/C27H25BrN2O4/c1-18(15-19-7-5-4-6-8-19)26-27(32)29(23-16-22(33-2)13-14-24(23)34-3)17-25(31)30(26)21-11-9-20(28)10-12-21/h4-16,26H,17H2,1-3H3/t26-/m0/s1. The molecule has 1 saturated heterocycles. The van der Waals surface area contributed by atoms with Crippen LogP contribution in [0.4, 0.5) is 11.4 Å². The predicted octanol–water partition coefficient (Wildman–Crippen LogP) is 5.32. The van der Waals surface area contributed by atoms with Gasteiger partial charge in [-0.3, -0.25) is 19.4 Å². The van der Waals surface area contributed by atoms with Crippen LogP contribution in [0.25, 0.3) is 6.08 Å². The maximum absolute atomic E-state index is 14.0. The quantitative estimate of drug-likeness (QED) is 0.441. The fourth-order valence-electron chi connectivity index (χ4n) is 4.09. The van der Waals surface area contributed by atoms with Gasteiger partial charge in [-0.05, 0) is 54.5 Å². The summed E-state index contributed by atoms with van der Waals surface area (Å²) in [5.74, 6) is 0.637. The Bertz CT molecular complexity index is 1230. The third-order valence-electron chi connectivity index (χ3n) is 5.73. The van der Waals surface area contributed by atoms with Gasteiger partial charge < -0.3 is 9.47 Å². The average Bonchev–Trinajstić information content (AvgIpc) is 2.85. The smallest absolute Gasteiger partial charge is 0.255 e. The summed E-state index contributed by atoms with van der Waals surface area (Å²) in [4.78, 5) is 30.6. The zero-order chi connectivity index (χ0) is 24.2. The topological polar surface area (TPSA) is 59.1 Å². The SMILES string of the molecule is COc1ccc(OC)c(N2CC(=O)N(c3ccc(Br)cc3)[C@@H](C(C)=Cc3ccccc3)C2=O)c1. The Morgan fingerprint density at radius 1 is 0.971 bits per heavy atom. The monoisotopic (exact) mass is 520 g/mol. The Balaban J connectivity index is 1.83. The number of amides is 2. The number of piperazine rings is 1. The van der Waals surface area contributed by atoms with E-state index >= 15 is 0 Å². The van der Waals surface area contributed by atoms with Gasteiger partial charge >= 0.3 is 0 Å². The molecule has 1 aliphatic heterocycles. The molecule has 0 unspecified atom stereocenters. The molecule has 7 heteroatoms. The van der Waals surface area contributed by atoms with Crippen LogP contribution in [-0.4, -0.2) is 38.6 Å². The fraction of sp³-hybridized carbons (Fsp3) is 0.185. The summed E-state index contributed by atoms with van der Waals surface area (Å²) in [5, 5.41) is 0. The predicted molar refractivity (Wildman–Crippen MR) is 137 cm³/mol. The Morgan fingerprint density at radius 3 is 2.32 bits per heavy atom. The number of anilines is 2. The van der Waals surface area contributed by atoms with Gasteiger partial charge in [0, 0.05) is 16.2 Å². The van der Waals surface area contributed by atoms with Gasteiger partial charge in [0.1, 0.15) is 24.1 Å². The van der Waals surface area contributed by atoms with Gasteiger partial charge in [-0.15, -0.1) is 0 Å². The molecule has 0 bridgehead atoms. The minimum atomic E-state index is -0.821. The molecule has 174 valence electrons. The van der Waals surface area contributed by atoms with Crippen molar-refractivity contribution < 1.29 is 19.1 Å². The van der Waals surface area contributed by atoms with Gasteiger partial charge in [-0.1, -0.05) is 52.3 Å². The highest BCUT2D eigenvalue weighted by Crippen LogP contribution is 2.36. The van der Waals surface area contributed by atoms with E-state index in [-0.39, 0.29) is 18.4 Å². The van der Waals surface area contributed by atoms with Crippen LogP contribution >= 0.6 is 15.9 Å². The molecule has 0 spiro atoms. The number of benzene rings is 3. The number of carbonyl (C=O) groups excluding carboxylic acids is 2. The van der Waals surface area contributed by atoms with Crippen molar-refractivity contribution >= 4 is 45.2 Å². The molecule has 1 atom stereocenters. The third-order valence-corrected chi connectivity index (χ3v) is 6.26. The van der Waals surface area contributed by atoms with E-state index in [0.29, 0.717) is 22.9 Å². The summed E-state index contributed by atoms with van der Waals surface area (Å²) in [6.45, 7) is 1.76. The largest absolute Gasteiger partial charge is 0.497 e. The molecular formula is C27H25BrN2O4. The van der Waals surface area contributed by atoms with Gasteiger partial charge in [-0.25, -0.2) is 0 Å². The van der Waals surface area contributed by atoms with E-state index in [2.05, 4.69) is 15.9 Å². The first-order chi connectivity index (χ1) is 16.4. The lowest BCUT2D eigenvalue weighted by molar-refractivity contribution is -0.127. The number of hydrogen-bond acceptors (Lipinski definition) is 4. The van der Waals surface area contributed by atoms with Crippen molar-refractivity contribution in [3.05, 3.63) is 88.4 Å². The molecule has 6 nitrogen and oxygen atoms in total. The van der Waals surface area contributed by atoms with Crippen molar-refractivity contribution in [2.75, 3.05) is 30.6 Å². The first-order valence-corrected chi connectivity index (χ1v) is 11.6. The lowest BCUT2D eigenvalue weighted by atomic mass is 9.98. The molecule has 34 heavy (non-hydrogen) atoms. The van der Waals surface area contributed by atoms with Gasteiger partial charge in [-0.2, -0.15) is 0 Å². The van der Waals surface area contributed by atoms with E-state index in [1.807, 2.05) is 67.6 Å². The summed E-state index contributed by atoms with van der Waals surface area (Å²) in [7, 11) is 3.09. The zero-order valence-corrected chi connectivity index (χ0v) is 20.8. The highest BCUT2D eigenvalue weighted by Gasteiger charge is 2.42. The lowest BCUT2D eigenvalue weighted by Crippen LogP contribution is -2.61. The molecule has 0 N–H and O–H groups in total. The Morgan fingerprint density at radius 2 is 1.68 bits per heavy atom. The first kappa shape index (κ1) is 23.6. The molecule has 0 aromatic heterocycles. The van der Waals surface area contributed by atoms with E-state index < -0.39 is 6.04 Å². The number of nitrogens with zero attached hydrogens (tertiary/aromatic N) is 2. The van der Waals surface area contributed by atoms with Crippen molar-refractivity contribution in [3.8, 4) is 11.5 Å². The van der Waals surface area contributed by atoms with Gasteiger partial charge in [0.05, 0.1) is 19.9 Å². The van der Waals surface area contributed by atoms with Crippen LogP contribution in [0.3, 0.4) is 0 Å². The Hall–Kier alpha value is -3.58. The second-order valence-corrected chi connectivity index (χ2v) is 8.82. The average molecular weight is 521 g/mol. The normalized spacial score (nSPS) is 16.6. The van der Waals surface area contributed by atoms with Crippen molar-refractivity contribution in [3.63, 3.8) is 0 Å². The molecule has 2 amide bonds. The summed E-state index contributed by atoms with van der Waals surface area (Å²) in [6, 6.07) is 21.5. The molecule has 1 heterocycles. The van der Waals surface area contributed by atoms with Crippen molar-refractivity contribution in [2.45, 2.75) is 13.0 Å². The number of hydrogen-bond donors (Lipinski definition) is 0. The highest BCUT2D eigenvalue weighted by molar-refractivity contribution is 9.10. The molecule has 1 aliphatic rings. The molecule has 0 aliphatic carbocycles. The molecule has 4 rings (SSSR count). The van der Waals surface area contributed by atoms with Crippen molar-refractivity contribution in [2.24, 2.45) is 0 Å². The summed E-state index contributed by atoms with van der Waals surface area (Å²) >= 11 is 3.44. The van der Waals surface area contributed by atoms with Crippen LogP contribution in [0.1, 0.15) is 12.5 Å². The second-order valence-electron chi connectivity index (χ2n) is 7.90. The maximum Gasteiger partial charge on any atom is 0.255 e. The van der Waals surface area contributed by atoms with Gasteiger partial charge in [0.25, 0.3) is 5.91 Å². The lowest BCUT2D eigenvalue weighted by Gasteiger charge is -2.41. The summed E-state index contributed by atoms with van der Waals surface area (Å²) in [5.41, 5.74) is 2.85. The second kappa shape index (κ2) is 10.1. The van der Waals surface area contributed by atoms with Crippen LogP contribution in [0, 0.1) is 0 Å². The molecule has 1 fully saturated rings. The van der Waals surface area contributed by atoms with Crippen LogP contribution in [0.2, 0.25) is 0 Å². The van der Waals surface area contributed by atoms with E-state index in [0.717, 1.165) is 15.6 Å². The van der Waals surface area contributed by atoms with E-state index in [1.165, 1.54) is 12.0 Å². The van der Waals surface area contributed by atoms with Crippen LogP contribution < -0.4 is 19.3 Å². The molecule has 0 saturated carbocycles. The Kier molecular flexibility index (Phi) is 7.03. The minimum Gasteiger partial charge on any atom is -0.497 e. The number of halogens is 1. The Labute approximate surface area is 207 Å². The van der Waals surface area contributed by atoms with Crippen molar-refractivity contribution in [1.29, 1.82) is 0 Å². The minimum absolute atomic E-state index is 0.118. The van der Waals surface area contributed by atoms with E-state index in [4.69, 9.17) is 9.47 Å². The molecule has 0 radical (unpaired) electrons. The highest BCUT2D eigenvalue weighted by atomic mass is 79.9.